The summed E-state index contributed by atoms with van der Waals surface area (Å²) in [5.41, 5.74) is 0. The van der Waals surface area contributed by atoms with Gasteiger partial charge in [-0.15, -0.1) is 0 Å². The number of hydrogen-bond donors (Lipinski definition) is 1. The summed E-state index contributed by atoms with van der Waals surface area (Å²) in [6, 6.07) is 4.15. The van der Waals surface area contributed by atoms with Crippen LogP contribution < -0.4 is 5.32 Å². The molecule has 0 aliphatic carbocycles. The first-order valence-corrected chi connectivity index (χ1v) is 7.85. The van der Waals surface area contributed by atoms with E-state index in [0.717, 1.165) is 41.5 Å². The summed E-state index contributed by atoms with van der Waals surface area (Å²) >= 11 is 3.32. The lowest BCUT2D eigenvalue weighted by Crippen LogP contribution is -2.28. The summed E-state index contributed by atoms with van der Waals surface area (Å²) in [4.78, 5) is 4.70. The maximum Gasteiger partial charge on any atom is 0.169 e. The first kappa shape index (κ1) is 13.8. The van der Waals surface area contributed by atoms with Crippen molar-refractivity contribution >= 4 is 15.9 Å². The Labute approximate surface area is 126 Å². The molecule has 0 spiro atoms. The van der Waals surface area contributed by atoms with Crippen LogP contribution in [0.15, 0.2) is 21.2 Å². The van der Waals surface area contributed by atoms with E-state index in [1.54, 1.807) is 0 Å². The van der Waals surface area contributed by atoms with E-state index in [1.807, 2.05) is 12.1 Å². The van der Waals surface area contributed by atoms with Crippen LogP contribution in [0.5, 0.6) is 0 Å². The lowest BCUT2D eigenvalue weighted by atomic mass is 10.1. The largest absolute Gasteiger partial charge is 0.453 e. The molecule has 3 rings (SSSR count). The Hall–Kier alpha value is -1.14. The molecule has 0 radical (unpaired) electrons. The first-order valence-electron chi connectivity index (χ1n) is 7.05. The van der Waals surface area contributed by atoms with Gasteiger partial charge in [-0.1, -0.05) is 13.8 Å². The van der Waals surface area contributed by atoms with Crippen molar-refractivity contribution in [1.29, 1.82) is 0 Å². The van der Waals surface area contributed by atoms with Crippen molar-refractivity contribution in [3.63, 3.8) is 0 Å². The smallest absolute Gasteiger partial charge is 0.169 e. The summed E-state index contributed by atoms with van der Waals surface area (Å²) in [6.07, 6.45) is 2.23. The fraction of sp³-hybridized carbons (Fsp3) is 0.571. The number of fused-ring (bicyclic) bond motifs is 1. The first-order chi connectivity index (χ1) is 9.63. The Balaban J connectivity index is 1.72. The number of nitrogens with one attached hydrogen (secondary N) is 1. The van der Waals surface area contributed by atoms with Gasteiger partial charge in [-0.05, 0) is 40.9 Å². The highest BCUT2D eigenvalue weighted by Crippen LogP contribution is 2.25. The van der Waals surface area contributed by atoms with Gasteiger partial charge in [0.05, 0.1) is 12.6 Å². The number of halogens is 1. The van der Waals surface area contributed by atoms with E-state index in [0.29, 0.717) is 12.5 Å². The van der Waals surface area contributed by atoms with Crippen molar-refractivity contribution in [1.82, 2.24) is 20.1 Å². The van der Waals surface area contributed by atoms with E-state index in [4.69, 9.17) is 9.40 Å². The second-order valence-electron chi connectivity index (χ2n) is 5.49. The molecule has 0 unspecified atom stereocenters. The van der Waals surface area contributed by atoms with Gasteiger partial charge >= 0.3 is 0 Å². The van der Waals surface area contributed by atoms with Crippen LogP contribution in [0, 0.1) is 0 Å². The summed E-state index contributed by atoms with van der Waals surface area (Å²) in [5, 5.41) is 8.12. The third kappa shape index (κ3) is 2.81. The normalized spacial score (nSPS) is 18.5. The average Bonchev–Trinajstić information content (AvgIpc) is 3.02. The quantitative estimate of drug-likeness (QED) is 0.928. The molecule has 1 aliphatic heterocycles. The monoisotopic (exact) mass is 338 g/mol. The molecule has 0 amide bonds. The molecule has 0 bridgehead atoms. The standard InChI is InChI=1S/C14H19BrN4O/c1-9(2)13-17-14-11(4-3-7-19(14)18-13)16-8-10-5-6-12(15)20-10/h5-6,9,11,16H,3-4,7-8H2,1-2H3/t11-/m0/s1. The molecule has 5 nitrogen and oxygen atoms in total. The Bertz CT molecular complexity index is 590. The van der Waals surface area contributed by atoms with Crippen LogP contribution in [-0.2, 0) is 13.1 Å². The van der Waals surface area contributed by atoms with Gasteiger partial charge in [0.15, 0.2) is 10.5 Å². The van der Waals surface area contributed by atoms with Crippen LogP contribution >= 0.6 is 15.9 Å². The lowest BCUT2D eigenvalue weighted by Gasteiger charge is -2.22. The molecule has 3 heterocycles. The van der Waals surface area contributed by atoms with Crippen LogP contribution in [0.3, 0.4) is 0 Å². The second-order valence-corrected chi connectivity index (χ2v) is 6.27. The Morgan fingerprint density at radius 3 is 3.05 bits per heavy atom. The molecule has 0 saturated carbocycles. The minimum atomic E-state index is 0.257. The molecule has 20 heavy (non-hydrogen) atoms. The Morgan fingerprint density at radius 1 is 1.50 bits per heavy atom. The average molecular weight is 339 g/mol. The highest BCUT2D eigenvalue weighted by atomic mass is 79.9. The molecular weight excluding hydrogens is 320 g/mol. The summed E-state index contributed by atoms with van der Waals surface area (Å²) in [5.74, 6) is 3.30. The van der Waals surface area contributed by atoms with Gasteiger partial charge in [-0.25, -0.2) is 9.67 Å². The highest BCUT2D eigenvalue weighted by molar-refractivity contribution is 9.10. The van der Waals surface area contributed by atoms with Crippen LogP contribution in [0.4, 0.5) is 0 Å². The minimum absolute atomic E-state index is 0.257. The van der Waals surface area contributed by atoms with Crippen LogP contribution in [0.1, 0.15) is 56.1 Å². The third-order valence-corrected chi connectivity index (χ3v) is 3.99. The van der Waals surface area contributed by atoms with E-state index in [1.165, 1.54) is 0 Å². The third-order valence-electron chi connectivity index (χ3n) is 3.56. The predicted molar refractivity (Wildman–Crippen MR) is 79.3 cm³/mol. The van der Waals surface area contributed by atoms with E-state index < -0.39 is 0 Å². The second kappa shape index (κ2) is 5.69. The van der Waals surface area contributed by atoms with Gasteiger partial charge in [-0.2, -0.15) is 5.10 Å². The number of rotatable bonds is 4. The summed E-state index contributed by atoms with van der Waals surface area (Å²) in [6.45, 7) is 5.94. The van der Waals surface area contributed by atoms with Gasteiger partial charge in [0.25, 0.3) is 0 Å². The van der Waals surface area contributed by atoms with Crippen LogP contribution in [0.25, 0.3) is 0 Å². The van der Waals surface area contributed by atoms with E-state index in [2.05, 4.69) is 44.9 Å². The molecule has 108 valence electrons. The van der Waals surface area contributed by atoms with Gasteiger partial charge in [0.2, 0.25) is 0 Å². The summed E-state index contributed by atoms with van der Waals surface area (Å²) in [7, 11) is 0. The molecule has 1 N–H and O–H groups in total. The minimum Gasteiger partial charge on any atom is -0.453 e. The van der Waals surface area contributed by atoms with Crippen molar-refractivity contribution < 1.29 is 4.42 Å². The molecule has 0 fully saturated rings. The SMILES string of the molecule is CC(C)c1nc2n(n1)CCC[C@@H]2NCc1ccc(Br)o1. The number of aromatic nitrogens is 3. The molecule has 1 aliphatic rings. The molecular formula is C14H19BrN4O. The predicted octanol–water partition coefficient (Wildman–Crippen LogP) is 3.38. The number of aryl methyl sites for hydroxylation is 1. The zero-order valence-corrected chi connectivity index (χ0v) is 13.4. The van der Waals surface area contributed by atoms with Crippen molar-refractivity contribution in [3.8, 4) is 0 Å². The zero-order valence-electron chi connectivity index (χ0n) is 11.8. The van der Waals surface area contributed by atoms with Crippen LogP contribution in [0.2, 0.25) is 0 Å². The molecule has 2 aromatic rings. The van der Waals surface area contributed by atoms with E-state index in [9.17, 15) is 0 Å². The Kier molecular flexibility index (Phi) is 3.94. The van der Waals surface area contributed by atoms with Gasteiger partial charge in [0, 0.05) is 12.5 Å². The zero-order chi connectivity index (χ0) is 14.1. The number of hydrogen-bond acceptors (Lipinski definition) is 4. The summed E-state index contributed by atoms with van der Waals surface area (Å²) < 4.78 is 8.33. The molecule has 2 aromatic heterocycles. The van der Waals surface area contributed by atoms with Crippen molar-refractivity contribution in [2.75, 3.05) is 0 Å². The fourth-order valence-corrected chi connectivity index (χ4v) is 2.82. The van der Waals surface area contributed by atoms with Gasteiger partial charge in [-0.3, -0.25) is 0 Å². The maximum absolute atomic E-state index is 5.52. The molecule has 1 atom stereocenters. The lowest BCUT2D eigenvalue weighted by molar-refractivity contribution is 0.351. The van der Waals surface area contributed by atoms with E-state index >= 15 is 0 Å². The Morgan fingerprint density at radius 2 is 2.35 bits per heavy atom. The van der Waals surface area contributed by atoms with Crippen molar-refractivity contribution in [2.24, 2.45) is 0 Å². The van der Waals surface area contributed by atoms with Crippen LogP contribution in [-0.4, -0.2) is 14.8 Å². The molecule has 6 heteroatoms. The van der Waals surface area contributed by atoms with Crippen molar-refractivity contribution in [3.05, 3.63) is 34.2 Å². The maximum atomic E-state index is 5.52. The topological polar surface area (TPSA) is 55.9 Å². The fourth-order valence-electron chi connectivity index (χ4n) is 2.48. The highest BCUT2D eigenvalue weighted by Gasteiger charge is 2.24. The number of nitrogens with zero attached hydrogens (tertiary/aromatic N) is 3. The molecule has 0 saturated heterocycles. The number of furan rings is 1. The van der Waals surface area contributed by atoms with Gasteiger partial charge in [0.1, 0.15) is 11.6 Å². The van der Waals surface area contributed by atoms with Crippen molar-refractivity contribution in [2.45, 2.75) is 51.7 Å². The van der Waals surface area contributed by atoms with Gasteiger partial charge < -0.3 is 9.73 Å². The molecule has 0 aromatic carbocycles. The van der Waals surface area contributed by atoms with E-state index in [-0.39, 0.29) is 6.04 Å².